The molecule has 2 atom stereocenters. The highest BCUT2D eigenvalue weighted by Crippen LogP contribution is 2.45. The molecule has 2 saturated heterocycles. The molecule has 2 N–H and O–H groups in total. The number of morpholine rings is 1. The highest BCUT2D eigenvalue weighted by molar-refractivity contribution is 6.31. The Morgan fingerprint density at radius 3 is 2.71 bits per heavy atom. The third kappa shape index (κ3) is 4.50. The molecule has 3 aliphatic heterocycles. The molecule has 34 heavy (non-hydrogen) atoms. The first-order valence-corrected chi connectivity index (χ1v) is 12.5. The van der Waals surface area contributed by atoms with E-state index in [-0.39, 0.29) is 18.0 Å². The molecule has 2 aromatic carbocycles. The number of amides is 3. The summed E-state index contributed by atoms with van der Waals surface area (Å²) in [4.78, 5) is 30.5. The highest BCUT2D eigenvalue weighted by Gasteiger charge is 2.52. The van der Waals surface area contributed by atoms with Crippen LogP contribution in [0.2, 0.25) is 10.0 Å². The number of carbonyl (C=O) groups is 2. The van der Waals surface area contributed by atoms with Crippen LogP contribution in [-0.4, -0.2) is 67.2 Å². The Bertz CT molecular complexity index is 1090. The lowest BCUT2D eigenvalue weighted by molar-refractivity contribution is -0.129. The summed E-state index contributed by atoms with van der Waals surface area (Å²) in [5.41, 5.74) is 1.71. The number of likely N-dealkylation sites (tertiary alicyclic amines) is 1. The number of carbonyl (C=O) groups excluding carboxylic acids is 2. The molecule has 9 heteroatoms. The number of hydrogen-bond acceptors (Lipinski definition) is 4. The van der Waals surface area contributed by atoms with Crippen LogP contribution in [0.1, 0.15) is 24.0 Å². The van der Waals surface area contributed by atoms with E-state index >= 15 is 0 Å². The van der Waals surface area contributed by atoms with Gasteiger partial charge in [0.2, 0.25) is 5.91 Å². The first-order chi connectivity index (χ1) is 16.5. The topological polar surface area (TPSA) is 73.9 Å². The largest absolute Gasteiger partial charge is 0.378 e. The zero-order valence-electron chi connectivity index (χ0n) is 18.9. The zero-order chi connectivity index (χ0) is 23.7. The van der Waals surface area contributed by atoms with E-state index in [0.717, 1.165) is 36.2 Å². The predicted molar refractivity (Wildman–Crippen MR) is 132 cm³/mol. The Kier molecular flexibility index (Phi) is 6.71. The fourth-order valence-electron chi connectivity index (χ4n) is 5.35. The number of piperidine rings is 1. The Balaban J connectivity index is 1.45. The second kappa shape index (κ2) is 9.74. The molecule has 3 aliphatic rings. The maximum absolute atomic E-state index is 13.7. The van der Waals surface area contributed by atoms with E-state index < -0.39 is 5.54 Å². The van der Waals surface area contributed by atoms with Gasteiger partial charge < -0.3 is 20.3 Å². The molecule has 0 spiro atoms. The summed E-state index contributed by atoms with van der Waals surface area (Å²) in [5.74, 6) is -0.0788. The number of ether oxygens (including phenoxy) is 1. The first kappa shape index (κ1) is 23.4. The number of urea groups is 1. The van der Waals surface area contributed by atoms with Gasteiger partial charge in [0.05, 0.1) is 13.2 Å². The second-order valence-corrected chi connectivity index (χ2v) is 10.0. The van der Waals surface area contributed by atoms with Crippen LogP contribution >= 0.6 is 23.2 Å². The van der Waals surface area contributed by atoms with Crippen molar-refractivity contribution < 1.29 is 14.3 Å². The standard InChI is InChI=1S/C25H28Cl2N4O3/c26-18-4-1-3-17(13-18)15-25(21-7-6-19(27)14-22(21)29-23(25)32)31-8-2-5-20(16-31)28-24(33)30-9-11-34-12-10-30/h1,3-4,6-7,13-14,20H,2,5,8-12,15-16H2,(H,28,33)(H,29,32)/t20-,25?/m0/s1. The monoisotopic (exact) mass is 502 g/mol. The molecule has 180 valence electrons. The third-order valence-corrected chi connectivity index (χ3v) is 7.46. The SMILES string of the molecule is O=C(N[C@H]1CCCN(C2(Cc3cccc(Cl)c3)C(=O)Nc3cc(Cl)ccc32)C1)N1CCOCC1. The van der Waals surface area contributed by atoms with Crippen LogP contribution in [0.5, 0.6) is 0 Å². The molecule has 3 heterocycles. The Morgan fingerprint density at radius 2 is 1.91 bits per heavy atom. The Hall–Kier alpha value is -2.32. The van der Waals surface area contributed by atoms with Crippen LogP contribution in [-0.2, 0) is 21.5 Å². The van der Waals surface area contributed by atoms with Gasteiger partial charge in [0.25, 0.3) is 0 Å². The molecule has 2 fully saturated rings. The van der Waals surface area contributed by atoms with Crippen molar-refractivity contribution in [2.45, 2.75) is 30.8 Å². The highest BCUT2D eigenvalue weighted by atomic mass is 35.5. The normalized spacial score (nSPS) is 25.1. The van der Waals surface area contributed by atoms with Crippen molar-refractivity contribution in [2.75, 3.05) is 44.7 Å². The van der Waals surface area contributed by atoms with Crippen molar-refractivity contribution in [3.8, 4) is 0 Å². The predicted octanol–water partition coefficient (Wildman–Crippen LogP) is 3.89. The Labute approximate surface area is 209 Å². The van der Waals surface area contributed by atoms with Crippen LogP contribution in [0.3, 0.4) is 0 Å². The number of nitrogens with one attached hydrogen (secondary N) is 2. The van der Waals surface area contributed by atoms with Gasteiger partial charge in [0, 0.05) is 53.4 Å². The van der Waals surface area contributed by atoms with Crippen LogP contribution in [0.4, 0.5) is 10.5 Å². The average molecular weight is 503 g/mol. The van der Waals surface area contributed by atoms with Gasteiger partial charge in [-0.05, 0) is 49.2 Å². The molecule has 0 radical (unpaired) electrons. The van der Waals surface area contributed by atoms with Crippen LogP contribution in [0.25, 0.3) is 0 Å². The lowest BCUT2D eigenvalue weighted by Gasteiger charge is -2.45. The number of fused-ring (bicyclic) bond motifs is 1. The van der Waals surface area contributed by atoms with E-state index in [9.17, 15) is 9.59 Å². The zero-order valence-corrected chi connectivity index (χ0v) is 20.4. The van der Waals surface area contributed by atoms with Gasteiger partial charge in [-0.25, -0.2) is 4.79 Å². The fraction of sp³-hybridized carbons (Fsp3) is 0.440. The minimum atomic E-state index is -0.910. The van der Waals surface area contributed by atoms with Crippen LogP contribution in [0, 0.1) is 0 Å². The van der Waals surface area contributed by atoms with Crippen molar-refractivity contribution in [3.05, 3.63) is 63.6 Å². The smallest absolute Gasteiger partial charge is 0.317 e. The van der Waals surface area contributed by atoms with Gasteiger partial charge in [-0.15, -0.1) is 0 Å². The average Bonchev–Trinajstić information content (AvgIpc) is 3.10. The van der Waals surface area contributed by atoms with E-state index in [1.807, 2.05) is 36.4 Å². The molecular weight excluding hydrogens is 475 g/mol. The molecule has 3 amide bonds. The number of benzene rings is 2. The minimum Gasteiger partial charge on any atom is -0.378 e. The second-order valence-electron chi connectivity index (χ2n) is 9.15. The molecule has 2 aromatic rings. The maximum atomic E-state index is 13.7. The molecule has 0 saturated carbocycles. The molecule has 1 unspecified atom stereocenters. The van der Waals surface area contributed by atoms with Gasteiger partial charge in [0.1, 0.15) is 5.54 Å². The summed E-state index contributed by atoms with van der Waals surface area (Å²) in [7, 11) is 0. The number of nitrogens with zero attached hydrogens (tertiary/aromatic N) is 2. The van der Waals surface area contributed by atoms with E-state index in [4.69, 9.17) is 27.9 Å². The third-order valence-electron chi connectivity index (χ3n) is 6.99. The van der Waals surface area contributed by atoms with E-state index in [1.165, 1.54) is 0 Å². The quantitative estimate of drug-likeness (QED) is 0.664. The summed E-state index contributed by atoms with van der Waals surface area (Å²) in [5, 5.41) is 7.47. The van der Waals surface area contributed by atoms with Gasteiger partial charge in [0.15, 0.2) is 0 Å². The summed E-state index contributed by atoms with van der Waals surface area (Å²) >= 11 is 12.5. The van der Waals surface area contributed by atoms with E-state index in [1.54, 1.807) is 11.0 Å². The summed E-state index contributed by atoms with van der Waals surface area (Å²) in [6.45, 7) is 3.64. The van der Waals surface area contributed by atoms with Crippen molar-refractivity contribution >= 4 is 40.8 Å². The molecule has 7 nitrogen and oxygen atoms in total. The van der Waals surface area contributed by atoms with Crippen molar-refractivity contribution in [3.63, 3.8) is 0 Å². The van der Waals surface area contributed by atoms with Crippen LogP contribution in [0.15, 0.2) is 42.5 Å². The minimum absolute atomic E-state index is 0.0514. The fourth-order valence-corrected chi connectivity index (χ4v) is 5.73. The first-order valence-electron chi connectivity index (χ1n) is 11.7. The molecule has 0 aliphatic carbocycles. The molecular formula is C25H28Cl2N4O3. The van der Waals surface area contributed by atoms with Gasteiger partial charge in [-0.3, -0.25) is 9.69 Å². The van der Waals surface area contributed by atoms with Crippen molar-refractivity contribution in [1.29, 1.82) is 0 Å². The lowest BCUT2D eigenvalue weighted by atomic mass is 9.81. The van der Waals surface area contributed by atoms with Gasteiger partial charge >= 0.3 is 6.03 Å². The summed E-state index contributed by atoms with van der Waals surface area (Å²) < 4.78 is 5.36. The summed E-state index contributed by atoms with van der Waals surface area (Å²) in [6.07, 6.45) is 2.22. The molecule has 0 bridgehead atoms. The summed E-state index contributed by atoms with van der Waals surface area (Å²) in [6, 6.07) is 13.1. The van der Waals surface area contributed by atoms with Crippen molar-refractivity contribution in [1.82, 2.24) is 15.1 Å². The lowest BCUT2D eigenvalue weighted by Crippen LogP contribution is -2.60. The number of hydrogen-bond donors (Lipinski definition) is 2. The van der Waals surface area contributed by atoms with Crippen molar-refractivity contribution in [2.24, 2.45) is 0 Å². The Morgan fingerprint density at radius 1 is 1.12 bits per heavy atom. The van der Waals surface area contributed by atoms with E-state index in [2.05, 4.69) is 15.5 Å². The molecule has 5 rings (SSSR count). The van der Waals surface area contributed by atoms with E-state index in [0.29, 0.717) is 49.3 Å². The number of anilines is 1. The van der Waals surface area contributed by atoms with Gasteiger partial charge in [-0.2, -0.15) is 0 Å². The molecule has 0 aromatic heterocycles. The van der Waals surface area contributed by atoms with Crippen LogP contribution < -0.4 is 10.6 Å². The maximum Gasteiger partial charge on any atom is 0.317 e. The number of rotatable bonds is 4. The van der Waals surface area contributed by atoms with Gasteiger partial charge in [-0.1, -0.05) is 41.4 Å². The number of halogens is 2.